The third-order valence-corrected chi connectivity index (χ3v) is 2.90. The van der Waals surface area contributed by atoms with Crippen LogP contribution in [0.5, 0.6) is 0 Å². The van der Waals surface area contributed by atoms with Gasteiger partial charge in [-0.1, -0.05) is 11.6 Å². The second kappa shape index (κ2) is 5.50. The smallest absolute Gasteiger partial charge is 0.292 e. The summed E-state index contributed by atoms with van der Waals surface area (Å²) < 4.78 is 0. The molecule has 0 saturated carbocycles. The molecule has 2 rings (SSSR count). The van der Waals surface area contributed by atoms with Crippen molar-refractivity contribution in [2.75, 3.05) is 30.7 Å². The number of hydrogen-bond acceptors (Lipinski definition) is 5. The molecular weight excluding hydrogens is 232 g/mol. The highest BCUT2D eigenvalue weighted by Crippen LogP contribution is 2.24. The van der Waals surface area contributed by atoms with Crippen molar-refractivity contribution in [3.63, 3.8) is 0 Å². The van der Waals surface area contributed by atoms with E-state index in [-0.39, 0.29) is 11.4 Å². The highest BCUT2D eigenvalue weighted by molar-refractivity contribution is 5.66. The Hall–Kier alpha value is -2.08. The summed E-state index contributed by atoms with van der Waals surface area (Å²) >= 11 is 0. The molecule has 0 amide bonds. The fraction of sp³-hybridized carbons (Fsp3) is 0.333. The molecule has 4 N–H and O–H groups in total. The average molecular weight is 248 g/mol. The van der Waals surface area contributed by atoms with Crippen LogP contribution in [0.2, 0.25) is 0 Å². The van der Waals surface area contributed by atoms with Gasteiger partial charge < -0.3 is 16.4 Å². The van der Waals surface area contributed by atoms with Gasteiger partial charge in [-0.2, -0.15) is 0 Å². The van der Waals surface area contributed by atoms with Crippen molar-refractivity contribution >= 4 is 17.1 Å². The zero-order chi connectivity index (χ0) is 13.0. The van der Waals surface area contributed by atoms with Gasteiger partial charge in [0.15, 0.2) is 0 Å². The molecule has 1 aromatic carbocycles. The van der Waals surface area contributed by atoms with Crippen LogP contribution >= 0.6 is 0 Å². The average Bonchev–Trinajstić information content (AvgIpc) is 2.37. The lowest BCUT2D eigenvalue weighted by Gasteiger charge is -2.15. The largest absolute Gasteiger partial charge is 0.393 e. The zero-order valence-corrected chi connectivity index (χ0v) is 9.98. The Balaban J connectivity index is 1.99. The van der Waals surface area contributed by atoms with Gasteiger partial charge in [0, 0.05) is 24.8 Å². The molecule has 1 aliphatic rings. The second-order valence-corrected chi connectivity index (χ2v) is 4.20. The highest BCUT2D eigenvalue weighted by Gasteiger charge is 2.11. The fourth-order valence-electron chi connectivity index (χ4n) is 1.88. The minimum Gasteiger partial charge on any atom is -0.393 e. The molecular formula is C12H16N4O2. The first kappa shape index (κ1) is 12.4. The molecule has 18 heavy (non-hydrogen) atoms. The molecule has 1 aliphatic heterocycles. The number of nitrogens with one attached hydrogen (secondary N) is 2. The van der Waals surface area contributed by atoms with E-state index in [1.54, 1.807) is 12.1 Å². The van der Waals surface area contributed by atoms with Crippen molar-refractivity contribution in [2.45, 2.75) is 6.42 Å². The van der Waals surface area contributed by atoms with E-state index >= 15 is 0 Å². The number of nitrogens with two attached hydrogens (primary N) is 1. The Bertz CT molecular complexity index is 485. The van der Waals surface area contributed by atoms with E-state index in [9.17, 15) is 10.1 Å². The number of nitrogens with zero attached hydrogens (tertiary/aromatic N) is 1. The van der Waals surface area contributed by atoms with Gasteiger partial charge in [0.25, 0.3) is 5.69 Å². The minimum atomic E-state index is -0.478. The molecule has 1 aromatic rings. The van der Waals surface area contributed by atoms with E-state index in [1.807, 2.05) is 0 Å². The van der Waals surface area contributed by atoms with E-state index in [4.69, 9.17) is 5.73 Å². The van der Waals surface area contributed by atoms with Gasteiger partial charge in [0.1, 0.15) is 5.69 Å². The Morgan fingerprint density at radius 1 is 1.50 bits per heavy atom. The Kier molecular flexibility index (Phi) is 3.78. The normalized spacial score (nSPS) is 15.0. The predicted octanol–water partition coefficient (Wildman–Crippen LogP) is 1.51. The van der Waals surface area contributed by atoms with Gasteiger partial charge in [0.05, 0.1) is 4.92 Å². The molecule has 6 nitrogen and oxygen atoms in total. The predicted molar refractivity (Wildman–Crippen MR) is 71.6 cm³/mol. The van der Waals surface area contributed by atoms with Gasteiger partial charge >= 0.3 is 0 Å². The van der Waals surface area contributed by atoms with Crippen LogP contribution in [0.1, 0.15) is 6.42 Å². The maximum atomic E-state index is 10.6. The summed E-state index contributed by atoms with van der Waals surface area (Å²) in [7, 11) is 0. The lowest BCUT2D eigenvalue weighted by atomic mass is 10.1. The van der Waals surface area contributed by atoms with Crippen LogP contribution < -0.4 is 16.4 Å². The number of anilines is 2. The van der Waals surface area contributed by atoms with Crippen LogP contribution in [0.3, 0.4) is 0 Å². The number of hydrogen-bond donors (Lipinski definition) is 3. The Labute approximate surface area is 105 Å². The molecule has 0 aliphatic carbocycles. The molecule has 6 heteroatoms. The van der Waals surface area contributed by atoms with E-state index in [2.05, 4.69) is 16.7 Å². The highest BCUT2D eigenvalue weighted by atomic mass is 16.6. The van der Waals surface area contributed by atoms with Crippen molar-refractivity contribution in [1.29, 1.82) is 0 Å². The summed E-state index contributed by atoms with van der Waals surface area (Å²) in [6, 6.07) is 4.70. The molecule has 1 heterocycles. The van der Waals surface area contributed by atoms with E-state index in [0.717, 1.165) is 31.7 Å². The van der Waals surface area contributed by atoms with Crippen LogP contribution in [-0.2, 0) is 0 Å². The first-order valence-electron chi connectivity index (χ1n) is 5.83. The van der Waals surface area contributed by atoms with Crippen molar-refractivity contribution in [3.8, 4) is 0 Å². The molecule has 0 aromatic heterocycles. The van der Waals surface area contributed by atoms with Crippen LogP contribution in [-0.4, -0.2) is 24.6 Å². The third-order valence-electron chi connectivity index (χ3n) is 2.90. The monoisotopic (exact) mass is 248 g/mol. The number of nitro groups is 1. The van der Waals surface area contributed by atoms with Crippen LogP contribution in [0, 0.1) is 10.1 Å². The van der Waals surface area contributed by atoms with E-state index in [0.29, 0.717) is 0 Å². The topological polar surface area (TPSA) is 93.2 Å². The van der Waals surface area contributed by atoms with Gasteiger partial charge in [-0.25, -0.2) is 0 Å². The fourth-order valence-corrected chi connectivity index (χ4v) is 1.88. The number of rotatable bonds is 4. The molecule has 0 bridgehead atoms. The SMILES string of the molecule is Nc1cc(NCC2=CCNCC2)ccc1[N+](=O)[O-]. The number of nitrogen functional groups attached to an aromatic ring is 1. The lowest BCUT2D eigenvalue weighted by molar-refractivity contribution is -0.383. The van der Waals surface area contributed by atoms with Crippen LogP contribution in [0.4, 0.5) is 17.1 Å². The number of nitro benzene ring substituents is 1. The lowest BCUT2D eigenvalue weighted by Crippen LogP contribution is -2.23. The van der Waals surface area contributed by atoms with E-state index < -0.39 is 4.92 Å². The quantitative estimate of drug-likeness (QED) is 0.325. The first-order valence-corrected chi connectivity index (χ1v) is 5.83. The first-order chi connectivity index (χ1) is 8.66. The molecule has 0 unspecified atom stereocenters. The van der Waals surface area contributed by atoms with Crippen LogP contribution in [0.15, 0.2) is 29.8 Å². The van der Waals surface area contributed by atoms with Gasteiger partial charge in [-0.3, -0.25) is 10.1 Å². The summed E-state index contributed by atoms with van der Waals surface area (Å²) in [5, 5.41) is 17.1. The maximum Gasteiger partial charge on any atom is 0.292 e. The van der Waals surface area contributed by atoms with Gasteiger partial charge in [-0.15, -0.1) is 0 Å². The molecule has 0 spiro atoms. The minimum absolute atomic E-state index is 0.0540. The molecule has 0 radical (unpaired) electrons. The van der Waals surface area contributed by atoms with Gasteiger partial charge in [-0.05, 0) is 25.1 Å². The summed E-state index contributed by atoms with van der Waals surface area (Å²) in [6.45, 7) is 2.65. The summed E-state index contributed by atoms with van der Waals surface area (Å²) in [5.41, 5.74) is 7.90. The maximum absolute atomic E-state index is 10.6. The van der Waals surface area contributed by atoms with Crippen molar-refractivity contribution in [1.82, 2.24) is 5.32 Å². The summed E-state index contributed by atoms with van der Waals surface area (Å²) in [5.74, 6) is 0. The summed E-state index contributed by atoms with van der Waals surface area (Å²) in [6.07, 6.45) is 3.18. The molecule has 0 saturated heterocycles. The zero-order valence-electron chi connectivity index (χ0n) is 9.98. The number of benzene rings is 1. The van der Waals surface area contributed by atoms with Crippen molar-refractivity contribution in [2.24, 2.45) is 0 Å². The summed E-state index contributed by atoms with van der Waals surface area (Å²) in [4.78, 5) is 10.1. The third kappa shape index (κ3) is 2.98. The molecule has 96 valence electrons. The van der Waals surface area contributed by atoms with E-state index in [1.165, 1.54) is 11.6 Å². The Morgan fingerprint density at radius 3 is 2.94 bits per heavy atom. The van der Waals surface area contributed by atoms with Crippen molar-refractivity contribution in [3.05, 3.63) is 40.0 Å². The standard InChI is InChI=1S/C12H16N4O2/c13-11-7-10(1-2-12(11)16(17)18)15-8-9-3-5-14-6-4-9/h1-3,7,14-15H,4-6,8,13H2. The van der Waals surface area contributed by atoms with Gasteiger partial charge in [0.2, 0.25) is 0 Å². The van der Waals surface area contributed by atoms with Crippen LogP contribution in [0.25, 0.3) is 0 Å². The second-order valence-electron chi connectivity index (χ2n) is 4.20. The Morgan fingerprint density at radius 2 is 2.33 bits per heavy atom. The molecule has 0 atom stereocenters. The molecule has 0 fully saturated rings. The van der Waals surface area contributed by atoms with Crippen molar-refractivity contribution < 1.29 is 4.92 Å².